The molecule has 2 fully saturated rings. The highest BCUT2D eigenvalue weighted by atomic mass is 32.2. The number of fused-ring (bicyclic) bond motifs is 1. The molecule has 3 heterocycles. The van der Waals surface area contributed by atoms with Crippen molar-refractivity contribution in [2.75, 3.05) is 26.3 Å². The first-order valence-electron chi connectivity index (χ1n) is 11.1. The van der Waals surface area contributed by atoms with Gasteiger partial charge < -0.3 is 15.4 Å². The molecule has 3 atom stereocenters. The molecule has 1 aliphatic carbocycles. The van der Waals surface area contributed by atoms with Crippen molar-refractivity contribution >= 4 is 34.7 Å². The molecule has 0 unspecified atom stereocenters. The molecule has 2 aliphatic heterocycles. The predicted molar refractivity (Wildman–Crippen MR) is 127 cm³/mol. The highest BCUT2D eigenvalue weighted by Crippen LogP contribution is 2.66. The number of amidine groups is 1. The first-order valence-corrected chi connectivity index (χ1v) is 11.9. The molecule has 5 rings (SSSR count). The number of nitrogens with zero attached hydrogens (tertiary/aromatic N) is 5. The van der Waals surface area contributed by atoms with Gasteiger partial charge in [-0.05, 0) is 37.1 Å². The SMILES string of the molecule is C[C@]1(c2cc(/C=C(\F)c3cnc(C#N)cn3)ccc2F)N=C(N)S[C@@]2(C(=O)N3CCOCC3)C[C@H]21. The van der Waals surface area contributed by atoms with Crippen LogP contribution in [-0.4, -0.2) is 57.0 Å². The van der Waals surface area contributed by atoms with Crippen molar-refractivity contribution in [1.29, 1.82) is 5.26 Å². The molecule has 1 aromatic carbocycles. The summed E-state index contributed by atoms with van der Waals surface area (Å²) in [5.41, 5.74) is 5.75. The Bertz CT molecular complexity index is 1290. The van der Waals surface area contributed by atoms with Gasteiger partial charge in [-0.1, -0.05) is 17.8 Å². The molecule has 0 radical (unpaired) electrons. The molecule has 8 nitrogen and oxygen atoms in total. The molecule has 2 N–H and O–H groups in total. The Morgan fingerprint density at radius 3 is 2.80 bits per heavy atom. The molecule has 1 saturated carbocycles. The molecule has 1 aromatic heterocycles. The molecule has 11 heteroatoms. The summed E-state index contributed by atoms with van der Waals surface area (Å²) in [5.74, 6) is -1.48. The average molecular weight is 497 g/mol. The van der Waals surface area contributed by atoms with Crippen molar-refractivity contribution in [3.8, 4) is 6.07 Å². The van der Waals surface area contributed by atoms with Gasteiger partial charge in [-0.15, -0.1) is 0 Å². The van der Waals surface area contributed by atoms with Gasteiger partial charge in [-0.25, -0.2) is 18.7 Å². The van der Waals surface area contributed by atoms with E-state index in [-0.39, 0.29) is 33.9 Å². The number of benzene rings is 1. The third-order valence-corrected chi connectivity index (χ3v) is 8.01. The minimum Gasteiger partial charge on any atom is -0.378 e. The van der Waals surface area contributed by atoms with E-state index in [1.807, 2.05) is 6.07 Å². The van der Waals surface area contributed by atoms with Crippen molar-refractivity contribution in [3.05, 3.63) is 58.9 Å². The van der Waals surface area contributed by atoms with Crippen LogP contribution in [0.1, 0.15) is 35.9 Å². The third kappa shape index (κ3) is 4.06. The lowest BCUT2D eigenvalue weighted by Crippen LogP contribution is -2.49. The number of ether oxygens (including phenoxy) is 1. The van der Waals surface area contributed by atoms with Crippen molar-refractivity contribution < 1.29 is 18.3 Å². The van der Waals surface area contributed by atoms with Crippen LogP contribution in [0.25, 0.3) is 11.9 Å². The van der Waals surface area contributed by atoms with E-state index in [0.29, 0.717) is 38.3 Å². The summed E-state index contributed by atoms with van der Waals surface area (Å²) in [6, 6.07) is 6.06. The van der Waals surface area contributed by atoms with E-state index < -0.39 is 21.9 Å². The maximum atomic E-state index is 15.1. The van der Waals surface area contributed by atoms with Crippen LogP contribution >= 0.6 is 11.8 Å². The lowest BCUT2D eigenvalue weighted by atomic mass is 9.84. The molecule has 0 spiro atoms. The summed E-state index contributed by atoms with van der Waals surface area (Å²) in [7, 11) is 0. The Morgan fingerprint density at radius 2 is 2.11 bits per heavy atom. The molecule has 1 saturated heterocycles. The molecule has 3 aliphatic rings. The van der Waals surface area contributed by atoms with Gasteiger partial charge in [-0.3, -0.25) is 9.79 Å². The Labute approximate surface area is 204 Å². The molecule has 180 valence electrons. The van der Waals surface area contributed by atoms with Crippen molar-refractivity contribution in [2.24, 2.45) is 16.6 Å². The lowest BCUT2D eigenvalue weighted by molar-refractivity contribution is -0.135. The number of halogens is 2. The monoisotopic (exact) mass is 496 g/mol. The topological polar surface area (TPSA) is 117 Å². The van der Waals surface area contributed by atoms with Crippen LogP contribution in [0.2, 0.25) is 0 Å². The largest absolute Gasteiger partial charge is 0.378 e. The van der Waals surface area contributed by atoms with Crippen LogP contribution in [-0.2, 0) is 15.1 Å². The fourth-order valence-electron chi connectivity index (χ4n) is 4.84. The number of rotatable bonds is 4. The third-order valence-electron chi connectivity index (χ3n) is 6.72. The van der Waals surface area contributed by atoms with E-state index >= 15 is 4.39 Å². The lowest BCUT2D eigenvalue weighted by Gasteiger charge is -2.36. The fraction of sp³-hybridized carbons (Fsp3) is 0.375. The number of nitrogens with two attached hydrogens (primary N) is 1. The Kier molecular flexibility index (Phi) is 5.81. The molecule has 0 bridgehead atoms. The van der Waals surface area contributed by atoms with Crippen LogP contribution in [0.15, 0.2) is 35.6 Å². The summed E-state index contributed by atoms with van der Waals surface area (Å²) < 4.78 is 34.5. The van der Waals surface area contributed by atoms with Crippen molar-refractivity contribution in [1.82, 2.24) is 14.9 Å². The number of carbonyl (C=O) groups is 1. The zero-order chi connectivity index (χ0) is 24.8. The zero-order valence-electron chi connectivity index (χ0n) is 18.9. The van der Waals surface area contributed by atoms with Crippen LogP contribution in [0.4, 0.5) is 8.78 Å². The van der Waals surface area contributed by atoms with E-state index in [0.717, 1.165) is 6.20 Å². The highest BCUT2D eigenvalue weighted by Gasteiger charge is 2.71. The summed E-state index contributed by atoms with van der Waals surface area (Å²) in [5, 5.41) is 9.05. The van der Waals surface area contributed by atoms with Crippen molar-refractivity contribution in [3.63, 3.8) is 0 Å². The second-order valence-electron chi connectivity index (χ2n) is 8.88. The smallest absolute Gasteiger partial charge is 0.239 e. The zero-order valence-corrected chi connectivity index (χ0v) is 19.7. The number of amides is 1. The number of nitriles is 1. The number of hydrogen-bond acceptors (Lipinski definition) is 8. The van der Waals surface area contributed by atoms with Gasteiger partial charge in [0.05, 0.1) is 31.1 Å². The van der Waals surface area contributed by atoms with Gasteiger partial charge >= 0.3 is 0 Å². The molecule has 35 heavy (non-hydrogen) atoms. The normalized spacial score (nSPS) is 28.1. The maximum Gasteiger partial charge on any atom is 0.239 e. The quantitative estimate of drug-likeness (QED) is 0.692. The number of aliphatic imine (C=N–C) groups is 1. The molecule has 1 amide bonds. The summed E-state index contributed by atoms with van der Waals surface area (Å²) in [6.45, 7) is 3.75. The number of morpholine rings is 1. The Balaban J connectivity index is 1.47. The first kappa shape index (κ1) is 23.4. The summed E-state index contributed by atoms with van der Waals surface area (Å²) >= 11 is 1.25. The Hall–Kier alpha value is -3.36. The van der Waals surface area contributed by atoms with Gasteiger partial charge in [0.25, 0.3) is 0 Å². The predicted octanol–water partition coefficient (Wildman–Crippen LogP) is 2.85. The number of thioether (sulfide) groups is 1. The van der Waals surface area contributed by atoms with E-state index in [1.54, 1.807) is 11.8 Å². The van der Waals surface area contributed by atoms with Crippen molar-refractivity contribution in [2.45, 2.75) is 23.6 Å². The summed E-state index contributed by atoms with van der Waals surface area (Å²) in [4.78, 5) is 27.5. The number of hydrogen-bond donors (Lipinski definition) is 1. The van der Waals surface area contributed by atoms with Gasteiger partial charge in [0.2, 0.25) is 5.91 Å². The van der Waals surface area contributed by atoms with Crippen LogP contribution < -0.4 is 5.73 Å². The van der Waals surface area contributed by atoms with E-state index in [1.165, 1.54) is 42.2 Å². The number of carbonyl (C=O) groups excluding carboxylic acids is 1. The van der Waals surface area contributed by atoms with E-state index in [2.05, 4.69) is 15.0 Å². The molecular formula is C24H22F2N6O2S. The van der Waals surface area contributed by atoms with Gasteiger partial charge in [0.1, 0.15) is 22.3 Å². The van der Waals surface area contributed by atoms with Crippen LogP contribution in [0.5, 0.6) is 0 Å². The van der Waals surface area contributed by atoms with E-state index in [9.17, 15) is 9.18 Å². The van der Waals surface area contributed by atoms with Crippen LogP contribution in [0.3, 0.4) is 0 Å². The Morgan fingerprint density at radius 1 is 1.34 bits per heavy atom. The van der Waals surface area contributed by atoms with Gasteiger partial charge in [-0.2, -0.15) is 5.26 Å². The van der Waals surface area contributed by atoms with Gasteiger partial charge in [0.15, 0.2) is 16.7 Å². The molecular weight excluding hydrogens is 474 g/mol. The standard InChI is InChI=1S/C24H22F2N6O2S/c1-23(20-10-24(20,35-22(28)31-23)21(33)32-4-6-34-7-5-32)16-8-14(2-3-17(16)25)9-18(26)19-13-29-15(11-27)12-30-19/h2-3,8-9,12-13,20H,4-7,10H2,1H3,(H2,28,31)/b18-9-/t20-,23+,24-/m0/s1. The maximum absolute atomic E-state index is 15.1. The number of aromatic nitrogens is 2. The second kappa shape index (κ2) is 8.70. The summed E-state index contributed by atoms with van der Waals surface area (Å²) in [6.07, 6.45) is 4.07. The first-order chi connectivity index (χ1) is 16.8. The van der Waals surface area contributed by atoms with Gasteiger partial charge in [0, 0.05) is 24.6 Å². The highest BCUT2D eigenvalue weighted by molar-refractivity contribution is 8.15. The second-order valence-corrected chi connectivity index (χ2v) is 10.2. The minimum absolute atomic E-state index is 0.0261. The average Bonchev–Trinajstić information content (AvgIpc) is 3.62. The minimum atomic E-state index is -1.09. The van der Waals surface area contributed by atoms with Crippen LogP contribution in [0, 0.1) is 23.1 Å². The fourth-order valence-corrected chi connectivity index (χ4v) is 6.28. The van der Waals surface area contributed by atoms with E-state index in [4.69, 9.17) is 15.7 Å². The molecule has 2 aromatic rings.